The number of nitrogens with one attached hydrogen (secondary N) is 1. The summed E-state index contributed by atoms with van der Waals surface area (Å²) >= 11 is 0. The fourth-order valence-electron chi connectivity index (χ4n) is 2.39. The lowest BCUT2D eigenvalue weighted by Gasteiger charge is -2.07. The van der Waals surface area contributed by atoms with Crippen molar-refractivity contribution in [3.8, 4) is 16.9 Å². The van der Waals surface area contributed by atoms with Gasteiger partial charge in [-0.3, -0.25) is 4.79 Å². The Hall–Kier alpha value is -2.81. The molecule has 0 atom stereocenters. The number of rotatable bonds is 3. The van der Waals surface area contributed by atoms with Gasteiger partial charge in [-0.1, -0.05) is 60.7 Å². The standard InChI is InChI=1S/C18H15NO2/c20-16-12-15(11-13-7-3-1-4-8-13)19-18(21)17(16)14-9-5-2-6-10-14/h1-10,12H,11H2,(H2,19,20,21). The summed E-state index contributed by atoms with van der Waals surface area (Å²) in [5, 5.41) is 10.2. The van der Waals surface area contributed by atoms with Gasteiger partial charge in [0.05, 0.1) is 5.56 Å². The highest BCUT2D eigenvalue weighted by molar-refractivity contribution is 5.69. The van der Waals surface area contributed by atoms with E-state index in [0.717, 1.165) is 5.56 Å². The molecule has 1 aromatic heterocycles. The van der Waals surface area contributed by atoms with E-state index in [-0.39, 0.29) is 11.3 Å². The molecule has 0 spiro atoms. The normalized spacial score (nSPS) is 10.5. The SMILES string of the molecule is O=c1[nH]c(Cc2ccccc2)cc(O)c1-c1ccccc1. The van der Waals surface area contributed by atoms with Crippen molar-refractivity contribution >= 4 is 0 Å². The first-order valence-corrected chi connectivity index (χ1v) is 6.78. The molecule has 0 fully saturated rings. The molecule has 0 aliphatic heterocycles. The topological polar surface area (TPSA) is 53.1 Å². The third-order valence-electron chi connectivity index (χ3n) is 3.37. The summed E-state index contributed by atoms with van der Waals surface area (Å²) in [6.45, 7) is 0. The third-order valence-corrected chi connectivity index (χ3v) is 3.37. The van der Waals surface area contributed by atoms with Crippen molar-refractivity contribution in [2.75, 3.05) is 0 Å². The van der Waals surface area contributed by atoms with E-state index in [1.807, 2.05) is 48.5 Å². The van der Waals surface area contributed by atoms with E-state index in [9.17, 15) is 9.90 Å². The van der Waals surface area contributed by atoms with Gasteiger partial charge < -0.3 is 10.1 Å². The molecular formula is C18H15NO2. The van der Waals surface area contributed by atoms with Crippen LogP contribution in [0.25, 0.3) is 11.1 Å². The van der Waals surface area contributed by atoms with Crippen LogP contribution in [0, 0.1) is 0 Å². The largest absolute Gasteiger partial charge is 0.507 e. The van der Waals surface area contributed by atoms with Gasteiger partial charge in [0.1, 0.15) is 5.75 Å². The number of H-pyrrole nitrogens is 1. The molecule has 0 saturated heterocycles. The number of aromatic nitrogens is 1. The van der Waals surface area contributed by atoms with Gasteiger partial charge in [0, 0.05) is 18.2 Å². The molecule has 104 valence electrons. The van der Waals surface area contributed by atoms with Crippen molar-refractivity contribution in [2.45, 2.75) is 6.42 Å². The second-order valence-corrected chi connectivity index (χ2v) is 4.91. The van der Waals surface area contributed by atoms with Gasteiger partial charge in [-0.25, -0.2) is 0 Å². The summed E-state index contributed by atoms with van der Waals surface area (Å²) < 4.78 is 0. The number of aromatic amines is 1. The summed E-state index contributed by atoms with van der Waals surface area (Å²) in [6, 6.07) is 20.6. The summed E-state index contributed by atoms with van der Waals surface area (Å²) in [6.07, 6.45) is 0.582. The van der Waals surface area contributed by atoms with E-state index in [1.165, 1.54) is 0 Å². The van der Waals surface area contributed by atoms with Crippen LogP contribution in [0.2, 0.25) is 0 Å². The Labute approximate surface area is 122 Å². The van der Waals surface area contributed by atoms with E-state index < -0.39 is 0 Å². The highest BCUT2D eigenvalue weighted by Crippen LogP contribution is 2.25. The molecule has 0 saturated carbocycles. The van der Waals surface area contributed by atoms with Gasteiger partial charge in [-0.05, 0) is 11.1 Å². The summed E-state index contributed by atoms with van der Waals surface area (Å²) in [7, 11) is 0. The molecular weight excluding hydrogens is 262 g/mol. The Kier molecular flexibility index (Phi) is 3.56. The molecule has 3 rings (SSSR count). The Morgan fingerprint density at radius 3 is 2.14 bits per heavy atom. The van der Waals surface area contributed by atoms with Crippen LogP contribution in [0.3, 0.4) is 0 Å². The first kappa shape index (κ1) is 13.2. The molecule has 3 aromatic rings. The van der Waals surface area contributed by atoms with Crippen LogP contribution in [-0.2, 0) is 6.42 Å². The molecule has 2 aromatic carbocycles. The highest BCUT2D eigenvalue weighted by atomic mass is 16.3. The number of pyridine rings is 1. The highest BCUT2D eigenvalue weighted by Gasteiger charge is 2.11. The molecule has 0 unspecified atom stereocenters. The zero-order valence-corrected chi connectivity index (χ0v) is 11.4. The maximum absolute atomic E-state index is 12.2. The number of hydrogen-bond donors (Lipinski definition) is 2. The molecule has 3 nitrogen and oxygen atoms in total. The Morgan fingerprint density at radius 1 is 0.905 bits per heavy atom. The van der Waals surface area contributed by atoms with Crippen molar-refractivity contribution in [1.29, 1.82) is 0 Å². The van der Waals surface area contributed by atoms with Crippen LogP contribution in [0.5, 0.6) is 5.75 Å². The average molecular weight is 277 g/mol. The number of hydrogen-bond acceptors (Lipinski definition) is 2. The fourth-order valence-corrected chi connectivity index (χ4v) is 2.39. The first-order chi connectivity index (χ1) is 10.2. The van der Waals surface area contributed by atoms with Crippen LogP contribution in [0.1, 0.15) is 11.3 Å². The van der Waals surface area contributed by atoms with E-state index in [0.29, 0.717) is 23.2 Å². The summed E-state index contributed by atoms with van der Waals surface area (Å²) in [4.78, 5) is 15.1. The van der Waals surface area contributed by atoms with Crippen LogP contribution in [-0.4, -0.2) is 10.1 Å². The van der Waals surface area contributed by atoms with Crippen molar-refractivity contribution < 1.29 is 5.11 Å². The van der Waals surface area contributed by atoms with Crippen molar-refractivity contribution in [2.24, 2.45) is 0 Å². The van der Waals surface area contributed by atoms with Gasteiger partial charge in [0.25, 0.3) is 5.56 Å². The van der Waals surface area contributed by atoms with Crippen LogP contribution in [0.4, 0.5) is 0 Å². The summed E-state index contributed by atoms with van der Waals surface area (Å²) in [5.74, 6) is 0.0101. The lowest BCUT2D eigenvalue weighted by molar-refractivity contribution is 0.475. The molecule has 21 heavy (non-hydrogen) atoms. The molecule has 0 radical (unpaired) electrons. The molecule has 1 heterocycles. The molecule has 3 heteroatoms. The van der Waals surface area contributed by atoms with Crippen molar-refractivity contribution in [1.82, 2.24) is 4.98 Å². The predicted molar refractivity (Wildman–Crippen MR) is 83.4 cm³/mol. The molecule has 0 amide bonds. The molecule has 0 aliphatic carbocycles. The molecule has 2 N–H and O–H groups in total. The minimum absolute atomic E-state index is 0.0101. The van der Waals surface area contributed by atoms with Gasteiger partial charge in [0.2, 0.25) is 0 Å². The van der Waals surface area contributed by atoms with E-state index in [1.54, 1.807) is 18.2 Å². The van der Waals surface area contributed by atoms with Gasteiger partial charge in [0.15, 0.2) is 0 Å². The van der Waals surface area contributed by atoms with Crippen LogP contribution >= 0.6 is 0 Å². The number of benzene rings is 2. The second kappa shape index (κ2) is 5.67. The quantitative estimate of drug-likeness (QED) is 0.771. The smallest absolute Gasteiger partial charge is 0.259 e. The van der Waals surface area contributed by atoms with Gasteiger partial charge in [-0.15, -0.1) is 0 Å². The minimum atomic E-state index is -0.271. The van der Waals surface area contributed by atoms with E-state index in [2.05, 4.69) is 4.98 Å². The Balaban J connectivity index is 1.99. The van der Waals surface area contributed by atoms with Crippen molar-refractivity contribution in [3.05, 3.63) is 88.3 Å². The van der Waals surface area contributed by atoms with Crippen molar-refractivity contribution in [3.63, 3.8) is 0 Å². The van der Waals surface area contributed by atoms with E-state index in [4.69, 9.17) is 0 Å². The van der Waals surface area contributed by atoms with Gasteiger partial charge >= 0.3 is 0 Å². The first-order valence-electron chi connectivity index (χ1n) is 6.78. The zero-order chi connectivity index (χ0) is 14.7. The third kappa shape index (κ3) is 2.87. The second-order valence-electron chi connectivity index (χ2n) is 4.91. The minimum Gasteiger partial charge on any atom is -0.507 e. The molecule has 0 aliphatic rings. The maximum atomic E-state index is 12.2. The van der Waals surface area contributed by atoms with E-state index >= 15 is 0 Å². The lowest BCUT2D eigenvalue weighted by atomic mass is 10.0. The number of aromatic hydroxyl groups is 1. The molecule has 0 bridgehead atoms. The lowest BCUT2D eigenvalue weighted by Crippen LogP contribution is -2.12. The predicted octanol–water partition coefficient (Wildman–Crippen LogP) is 3.34. The average Bonchev–Trinajstić information content (AvgIpc) is 2.49. The summed E-state index contributed by atoms with van der Waals surface area (Å²) in [5.41, 5.74) is 2.53. The Bertz CT molecular complexity index is 792. The monoisotopic (exact) mass is 277 g/mol. The maximum Gasteiger partial charge on any atom is 0.259 e. The zero-order valence-electron chi connectivity index (χ0n) is 11.4. The fraction of sp³-hybridized carbons (Fsp3) is 0.0556. The Morgan fingerprint density at radius 2 is 1.52 bits per heavy atom. The van der Waals surface area contributed by atoms with Gasteiger partial charge in [-0.2, -0.15) is 0 Å². The van der Waals surface area contributed by atoms with Crippen LogP contribution in [0.15, 0.2) is 71.5 Å². The van der Waals surface area contributed by atoms with Crippen LogP contribution < -0.4 is 5.56 Å².